The number of nitrogens with zero attached hydrogens (tertiary/aromatic N) is 1. The van der Waals surface area contributed by atoms with Crippen molar-refractivity contribution in [3.05, 3.63) is 53.7 Å². The van der Waals surface area contributed by atoms with E-state index in [-0.39, 0.29) is 0 Å². The normalized spacial score (nSPS) is 17.9. The van der Waals surface area contributed by atoms with Crippen molar-refractivity contribution in [2.24, 2.45) is 0 Å². The molecule has 0 unspecified atom stereocenters. The molecule has 0 N–H and O–H groups in total. The van der Waals surface area contributed by atoms with Crippen LogP contribution in [0.1, 0.15) is 11.1 Å². The molecular formula is C23H29NSi2. The lowest BCUT2D eigenvalue weighted by atomic mass is 10.0. The first-order valence-corrected chi connectivity index (χ1v) is 16.1. The van der Waals surface area contributed by atoms with Crippen molar-refractivity contribution < 1.29 is 0 Å². The molecule has 1 aromatic heterocycles. The first-order chi connectivity index (χ1) is 12.2. The van der Waals surface area contributed by atoms with Gasteiger partial charge in [0.05, 0.1) is 21.8 Å². The molecule has 3 aromatic rings. The summed E-state index contributed by atoms with van der Waals surface area (Å²) in [5.41, 5.74) is 5.10. The summed E-state index contributed by atoms with van der Waals surface area (Å²) in [4.78, 5) is 4.92. The lowest BCUT2D eigenvalue weighted by molar-refractivity contribution is 1.28. The van der Waals surface area contributed by atoms with Crippen molar-refractivity contribution in [2.45, 2.75) is 52.1 Å². The zero-order chi connectivity index (χ0) is 18.7. The highest BCUT2D eigenvalue weighted by molar-refractivity contribution is 7.04. The Morgan fingerprint density at radius 3 is 2.15 bits per heavy atom. The first-order valence-electron chi connectivity index (χ1n) is 9.70. The Labute approximate surface area is 159 Å². The minimum absolute atomic E-state index is 1.19. The summed E-state index contributed by atoms with van der Waals surface area (Å²) in [6, 6.07) is 16.7. The number of fused-ring (bicyclic) bond motifs is 3. The van der Waals surface area contributed by atoms with Gasteiger partial charge >= 0.3 is 0 Å². The molecule has 0 bridgehead atoms. The smallest absolute Gasteiger partial charge is 0.0811 e. The quantitative estimate of drug-likeness (QED) is 0.522. The Kier molecular flexibility index (Phi) is 4.01. The van der Waals surface area contributed by atoms with Crippen LogP contribution < -0.4 is 10.4 Å². The molecule has 1 nitrogen and oxygen atoms in total. The van der Waals surface area contributed by atoms with E-state index in [9.17, 15) is 0 Å². The van der Waals surface area contributed by atoms with Crippen molar-refractivity contribution in [2.75, 3.05) is 0 Å². The van der Waals surface area contributed by atoms with Crippen LogP contribution in [0.15, 0.2) is 42.6 Å². The van der Waals surface area contributed by atoms with Gasteiger partial charge in [-0.25, -0.2) is 0 Å². The van der Waals surface area contributed by atoms with Gasteiger partial charge in [0.25, 0.3) is 0 Å². The Hall–Kier alpha value is -1.72. The van der Waals surface area contributed by atoms with E-state index >= 15 is 0 Å². The number of hydrogen-bond acceptors (Lipinski definition) is 1. The monoisotopic (exact) mass is 375 g/mol. The second kappa shape index (κ2) is 5.90. The predicted octanol–water partition coefficient (Wildman–Crippen LogP) is 5.36. The molecule has 0 spiro atoms. The van der Waals surface area contributed by atoms with E-state index < -0.39 is 16.1 Å². The third-order valence-electron chi connectivity index (χ3n) is 6.21. The maximum absolute atomic E-state index is 4.92. The predicted molar refractivity (Wildman–Crippen MR) is 120 cm³/mol. The van der Waals surface area contributed by atoms with Gasteiger partial charge in [0.2, 0.25) is 0 Å². The van der Waals surface area contributed by atoms with Crippen molar-refractivity contribution in [3.63, 3.8) is 0 Å². The number of rotatable bonds is 1. The molecule has 0 atom stereocenters. The molecule has 2 heterocycles. The number of benzene rings is 2. The van der Waals surface area contributed by atoms with E-state index in [0.29, 0.717) is 0 Å². The average Bonchev–Trinajstić information content (AvgIpc) is 2.57. The molecule has 0 fully saturated rings. The maximum atomic E-state index is 4.92. The molecule has 0 saturated heterocycles. The number of hydrogen-bond donors (Lipinski definition) is 0. The first kappa shape index (κ1) is 17.7. The van der Waals surface area contributed by atoms with Crippen LogP contribution in [0.3, 0.4) is 0 Å². The van der Waals surface area contributed by atoms with Gasteiger partial charge in [0.1, 0.15) is 0 Å². The van der Waals surface area contributed by atoms with Gasteiger partial charge in [-0.05, 0) is 37.4 Å². The highest BCUT2D eigenvalue weighted by Gasteiger charge is 2.41. The second-order valence-electron chi connectivity index (χ2n) is 9.39. The molecular weight excluding hydrogens is 346 g/mol. The van der Waals surface area contributed by atoms with E-state index in [1.165, 1.54) is 45.2 Å². The summed E-state index contributed by atoms with van der Waals surface area (Å²) in [7, 11) is -2.82. The summed E-state index contributed by atoms with van der Waals surface area (Å²) in [5.74, 6) is 0. The van der Waals surface area contributed by atoms with Gasteiger partial charge < -0.3 is 0 Å². The van der Waals surface area contributed by atoms with Crippen LogP contribution in [0, 0.1) is 13.8 Å². The molecule has 26 heavy (non-hydrogen) atoms. The van der Waals surface area contributed by atoms with Gasteiger partial charge in [-0.15, -0.1) is 0 Å². The number of aryl methyl sites for hydroxylation is 2. The van der Waals surface area contributed by atoms with Gasteiger partial charge in [0, 0.05) is 17.1 Å². The summed E-state index contributed by atoms with van der Waals surface area (Å²) in [6.45, 7) is 14.6. The minimum Gasteiger partial charge on any atom is -0.256 e. The van der Waals surface area contributed by atoms with Crippen molar-refractivity contribution >= 4 is 37.3 Å². The highest BCUT2D eigenvalue weighted by Crippen LogP contribution is 2.33. The van der Waals surface area contributed by atoms with E-state index in [4.69, 9.17) is 4.98 Å². The molecule has 1 aliphatic heterocycles. The van der Waals surface area contributed by atoms with Gasteiger partial charge in [-0.3, -0.25) is 4.98 Å². The van der Waals surface area contributed by atoms with E-state index in [2.05, 4.69) is 76.4 Å². The minimum atomic E-state index is -1.46. The van der Waals surface area contributed by atoms with Crippen LogP contribution in [0.25, 0.3) is 22.0 Å². The Morgan fingerprint density at radius 1 is 0.808 bits per heavy atom. The molecule has 4 rings (SSSR count). The van der Waals surface area contributed by atoms with Crippen LogP contribution in [-0.4, -0.2) is 21.1 Å². The van der Waals surface area contributed by atoms with Gasteiger partial charge in [0.15, 0.2) is 0 Å². The molecule has 2 aromatic carbocycles. The number of aromatic nitrogens is 1. The third-order valence-corrected chi connectivity index (χ3v) is 13.7. The Morgan fingerprint density at radius 2 is 1.46 bits per heavy atom. The number of pyridine rings is 1. The van der Waals surface area contributed by atoms with Crippen LogP contribution in [0.2, 0.25) is 38.3 Å². The lowest BCUT2D eigenvalue weighted by Crippen LogP contribution is -2.63. The molecule has 0 amide bonds. The molecule has 0 radical (unpaired) electrons. The zero-order valence-corrected chi connectivity index (χ0v) is 18.9. The summed E-state index contributed by atoms with van der Waals surface area (Å²) < 4.78 is 0. The van der Waals surface area contributed by atoms with E-state index in [0.717, 1.165) is 0 Å². The fourth-order valence-corrected chi connectivity index (χ4v) is 15.4. The topological polar surface area (TPSA) is 12.9 Å². The van der Waals surface area contributed by atoms with Crippen molar-refractivity contribution in [1.82, 2.24) is 4.98 Å². The van der Waals surface area contributed by atoms with Crippen LogP contribution in [0.5, 0.6) is 0 Å². The average molecular weight is 376 g/mol. The largest absolute Gasteiger partial charge is 0.256 e. The summed E-state index contributed by atoms with van der Waals surface area (Å²) in [6.07, 6.45) is 1.99. The van der Waals surface area contributed by atoms with Crippen LogP contribution in [-0.2, 0) is 0 Å². The van der Waals surface area contributed by atoms with Gasteiger partial charge in [-0.1, -0.05) is 78.0 Å². The van der Waals surface area contributed by atoms with Crippen LogP contribution >= 0.6 is 0 Å². The zero-order valence-electron chi connectivity index (χ0n) is 16.9. The molecule has 0 aliphatic carbocycles. The molecule has 3 heteroatoms. The summed E-state index contributed by atoms with van der Waals surface area (Å²) in [5, 5.41) is 6.22. The summed E-state index contributed by atoms with van der Waals surface area (Å²) >= 11 is 0. The Balaban J connectivity index is 2.14. The molecule has 0 saturated carbocycles. The molecule has 1 aliphatic rings. The second-order valence-corrected chi connectivity index (χ2v) is 19.0. The van der Waals surface area contributed by atoms with Crippen molar-refractivity contribution in [3.8, 4) is 11.3 Å². The molecule has 134 valence electrons. The standard InChI is InChI=1S/C23H29NSi2/c1-16-13-17(2)15-19(14-16)22-21-18(9-10-24-22)7-8-20-23(21)26(5,6)12-11-25(20,3)4/h7-10,13-15H,11-12H2,1-6H3. The van der Waals surface area contributed by atoms with E-state index in [1.54, 1.807) is 10.4 Å². The highest BCUT2D eigenvalue weighted by atomic mass is 28.3. The third kappa shape index (κ3) is 2.78. The van der Waals surface area contributed by atoms with Crippen molar-refractivity contribution in [1.29, 1.82) is 0 Å². The SMILES string of the molecule is Cc1cc(C)cc(-c2nccc3ccc4c(c23)[Si](C)(C)CC[Si]4(C)C)c1. The van der Waals surface area contributed by atoms with Crippen LogP contribution in [0.4, 0.5) is 0 Å². The Bertz CT molecular complexity index is 998. The lowest BCUT2D eigenvalue weighted by Gasteiger charge is -2.40. The van der Waals surface area contributed by atoms with Gasteiger partial charge in [-0.2, -0.15) is 0 Å². The maximum Gasteiger partial charge on any atom is 0.0811 e. The fraction of sp³-hybridized carbons (Fsp3) is 0.348. The fourth-order valence-electron chi connectivity index (χ4n) is 4.75. The van der Waals surface area contributed by atoms with E-state index in [1.807, 2.05) is 6.20 Å².